The van der Waals surface area contributed by atoms with E-state index >= 15 is 0 Å². The summed E-state index contributed by atoms with van der Waals surface area (Å²) in [6.45, 7) is 15.8. The first-order chi connectivity index (χ1) is 15.2. The quantitative estimate of drug-likeness (QED) is 0.625. The fourth-order valence-electron chi connectivity index (χ4n) is 4.66. The molecule has 0 bridgehead atoms. The zero-order valence-electron chi connectivity index (χ0n) is 20.1. The summed E-state index contributed by atoms with van der Waals surface area (Å²) in [7, 11) is 0. The Morgan fingerprint density at radius 2 is 1.75 bits per heavy atom. The molecule has 1 amide bonds. The van der Waals surface area contributed by atoms with Crippen LogP contribution in [0.3, 0.4) is 0 Å². The highest BCUT2D eigenvalue weighted by atomic mass is 16.2. The summed E-state index contributed by atoms with van der Waals surface area (Å²) >= 11 is 0. The van der Waals surface area contributed by atoms with E-state index in [1.807, 2.05) is 47.8 Å². The van der Waals surface area contributed by atoms with E-state index in [2.05, 4.69) is 37.6 Å². The fourth-order valence-corrected chi connectivity index (χ4v) is 4.66. The lowest BCUT2D eigenvalue weighted by Gasteiger charge is -2.35. The second kappa shape index (κ2) is 8.52. The lowest BCUT2D eigenvalue weighted by molar-refractivity contribution is -0.131. The Morgan fingerprint density at radius 3 is 2.38 bits per heavy atom. The van der Waals surface area contributed by atoms with Gasteiger partial charge in [-0.15, -0.1) is 0 Å². The molecule has 1 saturated heterocycles. The van der Waals surface area contributed by atoms with Crippen LogP contribution in [0.1, 0.15) is 49.7 Å². The Labute approximate surface area is 190 Å². The zero-order valence-corrected chi connectivity index (χ0v) is 20.1. The normalized spacial score (nSPS) is 14.9. The van der Waals surface area contributed by atoms with Gasteiger partial charge in [-0.3, -0.25) is 4.79 Å². The molecule has 0 atom stereocenters. The van der Waals surface area contributed by atoms with Crippen LogP contribution in [0.4, 0.5) is 5.82 Å². The molecule has 7 heteroatoms. The molecule has 0 saturated carbocycles. The van der Waals surface area contributed by atoms with Crippen molar-refractivity contribution < 1.29 is 4.79 Å². The van der Waals surface area contributed by atoms with Crippen LogP contribution in [0, 0.1) is 20.8 Å². The maximum Gasteiger partial charge on any atom is 0.223 e. The van der Waals surface area contributed by atoms with Crippen molar-refractivity contribution in [3.05, 3.63) is 46.9 Å². The molecule has 0 aromatic carbocycles. The predicted octanol–water partition coefficient (Wildman–Crippen LogP) is 3.79. The van der Waals surface area contributed by atoms with Crippen LogP contribution in [-0.4, -0.2) is 56.7 Å². The molecule has 0 radical (unpaired) electrons. The lowest BCUT2D eigenvalue weighted by Crippen LogP contribution is -2.49. The number of hydrogen-bond donors (Lipinski definition) is 0. The lowest BCUT2D eigenvalue weighted by atomic mass is 9.98. The van der Waals surface area contributed by atoms with Crippen molar-refractivity contribution >= 4 is 22.8 Å². The molecule has 0 spiro atoms. The molecule has 3 aromatic heterocycles. The van der Waals surface area contributed by atoms with E-state index in [4.69, 9.17) is 10.1 Å². The highest BCUT2D eigenvalue weighted by molar-refractivity contribution is 5.84. The number of anilines is 1. The molecular formula is C25H34N6O. The van der Waals surface area contributed by atoms with Gasteiger partial charge in [-0.1, -0.05) is 6.07 Å². The van der Waals surface area contributed by atoms with Gasteiger partial charge >= 0.3 is 0 Å². The molecule has 4 rings (SSSR count). The highest BCUT2D eigenvalue weighted by Crippen LogP contribution is 2.29. The monoisotopic (exact) mass is 434 g/mol. The number of piperazine rings is 1. The van der Waals surface area contributed by atoms with E-state index in [0.29, 0.717) is 12.8 Å². The number of amides is 1. The number of nitrogens with zero attached hydrogens (tertiary/aromatic N) is 6. The average molecular weight is 435 g/mol. The molecule has 0 aliphatic carbocycles. The molecule has 1 aliphatic rings. The molecule has 1 fully saturated rings. The Kier molecular flexibility index (Phi) is 5.93. The van der Waals surface area contributed by atoms with E-state index in [0.717, 1.165) is 54.4 Å². The van der Waals surface area contributed by atoms with Gasteiger partial charge in [-0.25, -0.2) is 14.6 Å². The topological polar surface area (TPSA) is 67.2 Å². The summed E-state index contributed by atoms with van der Waals surface area (Å²) in [4.78, 5) is 26.5. The molecule has 0 unspecified atom stereocenters. The van der Waals surface area contributed by atoms with Gasteiger partial charge in [0.15, 0.2) is 5.65 Å². The van der Waals surface area contributed by atoms with Crippen molar-refractivity contribution in [2.45, 2.75) is 59.9 Å². The summed E-state index contributed by atoms with van der Waals surface area (Å²) in [5.41, 5.74) is 5.17. The van der Waals surface area contributed by atoms with Gasteiger partial charge in [-0.05, 0) is 71.2 Å². The maximum atomic E-state index is 13.0. The van der Waals surface area contributed by atoms with Crippen LogP contribution >= 0.6 is 0 Å². The van der Waals surface area contributed by atoms with Crippen LogP contribution in [0.15, 0.2) is 24.4 Å². The third-order valence-electron chi connectivity index (χ3n) is 6.40. The molecule has 170 valence electrons. The Hall–Kier alpha value is -2.96. The average Bonchev–Trinajstić information content (AvgIpc) is 3.10. The van der Waals surface area contributed by atoms with E-state index in [1.165, 1.54) is 11.1 Å². The first-order valence-corrected chi connectivity index (χ1v) is 11.5. The standard InChI is InChI=1S/C25H34N6O/c1-17-20(18(2)27-24-23(17)19(3)28-31(24)25(4,5)6)10-11-22(32)30-15-13-29(14-16-30)21-9-7-8-12-26-21/h7-9,12H,10-11,13-16H2,1-6H3. The number of aryl methyl sites for hydroxylation is 3. The molecule has 1 aliphatic heterocycles. The second-order valence-corrected chi connectivity index (χ2v) is 9.72. The van der Waals surface area contributed by atoms with E-state index in [-0.39, 0.29) is 11.4 Å². The minimum Gasteiger partial charge on any atom is -0.353 e. The van der Waals surface area contributed by atoms with Crippen LogP contribution in [-0.2, 0) is 16.8 Å². The molecule has 3 aromatic rings. The number of carbonyl (C=O) groups is 1. The van der Waals surface area contributed by atoms with Crippen molar-refractivity contribution in [1.82, 2.24) is 24.6 Å². The van der Waals surface area contributed by atoms with Gasteiger partial charge < -0.3 is 9.80 Å². The van der Waals surface area contributed by atoms with Crippen molar-refractivity contribution in [2.75, 3.05) is 31.1 Å². The van der Waals surface area contributed by atoms with Gasteiger partial charge in [0.1, 0.15) is 5.82 Å². The SMILES string of the molecule is Cc1nc2c(c(C)nn2C(C)(C)C)c(C)c1CCC(=O)N1CCN(c2ccccn2)CC1. The van der Waals surface area contributed by atoms with E-state index in [9.17, 15) is 4.79 Å². The Bertz CT molecular complexity index is 1120. The summed E-state index contributed by atoms with van der Waals surface area (Å²) in [6, 6.07) is 5.95. The van der Waals surface area contributed by atoms with Crippen molar-refractivity contribution in [3.8, 4) is 0 Å². The number of aromatic nitrogens is 4. The second-order valence-electron chi connectivity index (χ2n) is 9.72. The van der Waals surface area contributed by atoms with Gasteiger partial charge in [0.2, 0.25) is 5.91 Å². The number of hydrogen-bond acceptors (Lipinski definition) is 5. The van der Waals surface area contributed by atoms with E-state index in [1.54, 1.807) is 0 Å². The van der Waals surface area contributed by atoms with Gasteiger partial charge in [0, 0.05) is 49.9 Å². The Balaban J connectivity index is 1.45. The minimum atomic E-state index is -0.132. The summed E-state index contributed by atoms with van der Waals surface area (Å²) in [5, 5.41) is 5.90. The largest absolute Gasteiger partial charge is 0.353 e. The van der Waals surface area contributed by atoms with Crippen LogP contribution in [0.2, 0.25) is 0 Å². The van der Waals surface area contributed by atoms with Crippen molar-refractivity contribution in [3.63, 3.8) is 0 Å². The Morgan fingerprint density at radius 1 is 1.03 bits per heavy atom. The van der Waals surface area contributed by atoms with Gasteiger partial charge in [-0.2, -0.15) is 5.10 Å². The first-order valence-electron chi connectivity index (χ1n) is 11.5. The van der Waals surface area contributed by atoms with Crippen LogP contribution in [0.5, 0.6) is 0 Å². The highest BCUT2D eigenvalue weighted by Gasteiger charge is 2.25. The third-order valence-corrected chi connectivity index (χ3v) is 6.40. The molecule has 4 heterocycles. The van der Waals surface area contributed by atoms with Crippen molar-refractivity contribution in [2.24, 2.45) is 0 Å². The fraction of sp³-hybridized carbons (Fsp3) is 0.520. The molecule has 0 N–H and O–H groups in total. The summed E-state index contributed by atoms with van der Waals surface area (Å²) < 4.78 is 2.02. The molecule has 7 nitrogen and oxygen atoms in total. The van der Waals surface area contributed by atoms with Crippen LogP contribution < -0.4 is 4.90 Å². The predicted molar refractivity (Wildman–Crippen MR) is 128 cm³/mol. The van der Waals surface area contributed by atoms with Gasteiger partial charge in [0.25, 0.3) is 0 Å². The van der Waals surface area contributed by atoms with Crippen molar-refractivity contribution in [1.29, 1.82) is 0 Å². The number of fused-ring (bicyclic) bond motifs is 1. The van der Waals surface area contributed by atoms with E-state index < -0.39 is 0 Å². The third kappa shape index (κ3) is 4.20. The number of carbonyl (C=O) groups excluding carboxylic acids is 1. The molecule has 32 heavy (non-hydrogen) atoms. The summed E-state index contributed by atoms with van der Waals surface area (Å²) in [5.74, 6) is 1.20. The maximum absolute atomic E-state index is 13.0. The van der Waals surface area contributed by atoms with Gasteiger partial charge in [0.05, 0.1) is 11.2 Å². The number of pyridine rings is 2. The summed E-state index contributed by atoms with van der Waals surface area (Å²) in [6.07, 6.45) is 3.03. The first kappa shape index (κ1) is 22.2. The zero-order chi connectivity index (χ0) is 23.0. The van der Waals surface area contributed by atoms with Crippen LogP contribution in [0.25, 0.3) is 11.0 Å². The minimum absolute atomic E-state index is 0.132. The molecular weight excluding hydrogens is 400 g/mol. The number of rotatable bonds is 4. The smallest absolute Gasteiger partial charge is 0.223 e.